The summed E-state index contributed by atoms with van der Waals surface area (Å²) in [5.41, 5.74) is 0. The third-order valence-corrected chi connectivity index (χ3v) is 2.00. The summed E-state index contributed by atoms with van der Waals surface area (Å²) in [7, 11) is 1.31. The zero-order valence-electron chi connectivity index (χ0n) is 7.96. The number of alkyl carbamates (subject to hydrolysis) is 1. The van der Waals surface area contributed by atoms with Crippen LogP contribution in [-0.2, 0) is 9.53 Å². The molecule has 4 nitrogen and oxygen atoms in total. The van der Waals surface area contributed by atoms with Crippen LogP contribution in [-0.4, -0.2) is 37.5 Å². The minimum absolute atomic E-state index is 0.221. The van der Waals surface area contributed by atoms with Crippen molar-refractivity contribution in [2.24, 2.45) is 0 Å². The van der Waals surface area contributed by atoms with E-state index >= 15 is 0 Å². The van der Waals surface area contributed by atoms with E-state index in [0.29, 0.717) is 25.1 Å². The predicted molar refractivity (Wildman–Crippen MR) is 53.0 cm³/mol. The fraction of sp³-hybridized carbons (Fsp3) is 0.750. The van der Waals surface area contributed by atoms with Crippen molar-refractivity contribution in [1.82, 2.24) is 5.32 Å². The number of rotatable bonds is 6. The van der Waals surface area contributed by atoms with Gasteiger partial charge in [-0.1, -0.05) is 0 Å². The quantitative estimate of drug-likeness (QED) is 0.659. The van der Waals surface area contributed by atoms with Gasteiger partial charge >= 0.3 is 6.09 Å². The summed E-state index contributed by atoms with van der Waals surface area (Å²) >= 11 is 1.52. The number of thioether (sulfide) groups is 1. The molecule has 0 aromatic heterocycles. The van der Waals surface area contributed by atoms with Crippen LogP contribution in [0.1, 0.15) is 12.8 Å². The second-order valence-corrected chi connectivity index (χ2v) is 3.36. The van der Waals surface area contributed by atoms with Gasteiger partial charge in [0.25, 0.3) is 0 Å². The third kappa shape index (κ3) is 7.64. The second kappa shape index (κ2) is 7.91. The first-order chi connectivity index (χ1) is 6.20. The van der Waals surface area contributed by atoms with Crippen LogP contribution in [0, 0.1) is 0 Å². The Morgan fingerprint density at radius 2 is 2.15 bits per heavy atom. The lowest BCUT2D eigenvalue weighted by Gasteiger charge is -2.02. The SMILES string of the molecule is COC(=O)NCCCC(=O)CSC. The van der Waals surface area contributed by atoms with Gasteiger partial charge in [-0.15, -0.1) is 0 Å². The lowest BCUT2D eigenvalue weighted by Crippen LogP contribution is -2.24. The molecule has 0 saturated heterocycles. The first-order valence-electron chi connectivity index (χ1n) is 4.03. The van der Waals surface area contributed by atoms with Gasteiger partial charge in [0.05, 0.1) is 12.9 Å². The Bertz CT molecular complexity index is 173. The minimum atomic E-state index is -0.447. The highest BCUT2D eigenvalue weighted by atomic mass is 32.2. The lowest BCUT2D eigenvalue weighted by molar-refractivity contribution is -0.116. The average Bonchev–Trinajstić information content (AvgIpc) is 2.12. The van der Waals surface area contributed by atoms with Gasteiger partial charge in [-0.25, -0.2) is 4.79 Å². The number of carbonyl (C=O) groups excluding carboxylic acids is 2. The van der Waals surface area contributed by atoms with Gasteiger partial charge in [0.15, 0.2) is 0 Å². The van der Waals surface area contributed by atoms with Gasteiger partial charge in [0.2, 0.25) is 0 Å². The number of amides is 1. The Labute approximate surface area is 82.4 Å². The Balaban J connectivity index is 3.25. The van der Waals surface area contributed by atoms with Gasteiger partial charge in [-0.2, -0.15) is 11.8 Å². The van der Waals surface area contributed by atoms with Gasteiger partial charge < -0.3 is 10.1 Å². The van der Waals surface area contributed by atoms with Gasteiger partial charge in [0, 0.05) is 13.0 Å². The van der Waals surface area contributed by atoms with Crippen LogP contribution in [0.2, 0.25) is 0 Å². The molecule has 0 unspecified atom stereocenters. The van der Waals surface area contributed by atoms with Crippen molar-refractivity contribution in [3.8, 4) is 0 Å². The first-order valence-corrected chi connectivity index (χ1v) is 5.42. The monoisotopic (exact) mass is 205 g/mol. The van der Waals surface area contributed by atoms with E-state index in [-0.39, 0.29) is 5.78 Å². The summed E-state index contributed by atoms with van der Waals surface area (Å²) in [5, 5.41) is 2.51. The van der Waals surface area contributed by atoms with Crippen LogP contribution in [0.15, 0.2) is 0 Å². The normalized spacial score (nSPS) is 9.38. The first kappa shape index (κ1) is 12.3. The van der Waals surface area contributed by atoms with Gasteiger partial charge in [-0.05, 0) is 12.7 Å². The van der Waals surface area contributed by atoms with Crippen molar-refractivity contribution in [3.05, 3.63) is 0 Å². The number of methoxy groups -OCH3 is 1. The van der Waals surface area contributed by atoms with Crippen LogP contribution in [0.3, 0.4) is 0 Å². The number of hydrogen-bond acceptors (Lipinski definition) is 4. The molecular weight excluding hydrogens is 190 g/mol. The maximum Gasteiger partial charge on any atom is 0.406 e. The molecule has 5 heteroatoms. The lowest BCUT2D eigenvalue weighted by atomic mass is 10.2. The topological polar surface area (TPSA) is 55.4 Å². The third-order valence-electron chi connectivity index (χ3n) is 1.39. The molecule has 1 amide bonds. The molecule has 0 rings (SSSR count). The molecule has 0 spiro atoms. The molecule has 0 fully saturated rings. The zero-order chi connectivity index (χ0) is 10.1. The van der Waals surface area contributed by atoms with Crippen molar-refractivity contribution in [2.75, 3.05) is 25.7 Å². The highest BCUT2D eigenvalue weighted by Crippen LogP contribution is 1.97. The summed E-state index contributed by atoms with van der Waals surface area (Å²) in [6.07, 6.45) is 2.64. The minimum Gasteiger partial charge on any atom is -0.453 e. The highest BCUT2D eigenvalue weighted by Gasteiger charge is 2.01. The number of Topliss-reactive ketones (excluding diaryl/α,β-unsaturated/α-hetero) is 1. The molecule has 0 saturated carbocycles. The molecule has 1 N–H and O–H groups in total. The molecule has 0 aromatic rings. The van der Waals surface area contributed by atoms with Crippen LogP contribution < -0.4 is 5.32 Å². The standard InChI is InChI=1S/C8H15NO3S/c1-12-8(11)9-5-3-4-7(10)6-13-2/h3-6H2,1-2H3,(H,9,11). The van der Waals surface area contributed by atoms with E-state index in [2.05, 4.69) is 10.1 Å². The van der Waals surface area contributed by atoms with E-state index in [4.69, 9.17) is 0 Å². The fourth-order valence-electron chi connectivity index (χ4n) is 0.781. The Morgan fingerprint density at radius 1 is 1.46 bits per heavy atom. The van der Waals surface area contributed by atoms with E-state index in [0.717, 1.165) is 0 Å². The maximum atomic E-state index is 11.0. The van der Waals surface area contributed by atoms with E-state index in [9.17, 15) is 9.59 Å². The van der Waals surface area contributed by atoms with Crippen molar-refractivity contribution >= 4 is 23.6 Å². The summed E-state index contributed by atoms with van der Waals surface area (Å²) in [6.45, 7) is 0.493. The smallest absolute Gasteiger partial charge is 0.406 e. The van der Waals surface area contributed by atoms with Crippen molar-refractivity contribution < 1.29 is 14.3 Å². The predicted octanol–water partition coefficient (Wildman–Crippen LogP) is 1.05. The average molecular weight is 205 g/mol. The summed E-state index contributed by atoms with van der Waals surface area (Å²) in [4.78, 5) is 21.6. The molecular formula is C8H15NO3S. The van der Waals surface area contributed by atoms with Crippen LogP contribution in [0.25, 0.3) is 0 Å². The number of nitrogens with one attached hydrogen (secondary N) is 1. The van der Waals surface area contributed by atoms with Gasteiger partial charge in [-0.3, -0.25) is 4.79 Å². The highest BCUT2D eigenvalue weighted by molar-refractivity contribution is 7.99. The van der Waals surface area contributed by atoms with Crippen molar-refractivity contribution in [1.29, 1.82) is 0 Å². The zero-order valence-corrected chi connectivity index (χ0v) is 8.78. The molecule has 0 aliphatic heterocycles. The number of hydrogen-bond donors (Lipinski definition) is 1. The van der Waals surface area contributed by atoms with E-state index in [1.807, 2.05) is 6.26 Å². The molecule has 0 heterocycles. The largest absolute Gasteiger partial charge is 0.453 e. The Kier molecular flexibility index (Phi) is 7.48. The van der Waals surface area contributed by atoms with Crippen LogP contribution in [0.5, 0.6) is 0 Å². The second-order valence-electron chi connectivity index (χ2n) is 2.49. The molecule has 0 bridgehead atoms. The molecule has 0 atom stereocenters. The molecule has 76 valence electrons. The molecule has 0 aromatic carbocycles. The van der Waals surface area contributed by atoms with Crippen LogP contribution >= 0.6 is 11.8 Å². The van der Waals surface area contributed by atoms with E-state index < -0.39 is 6.09 Å². The Hall–Kier alpha value is -0.710. The molecule has 0 radical (unpaired) electrons. The number of carbonyl (C=O) groups is 2. The summed E-state index contributed by atoms with van der Waals surface area (Å²) < 4.78 is 4.37. The van der Waals surface area contributed by atoms with E-state index in [1.54, 1.807) is 0 Å². The molecule has 0 aliphatic rings. The fourth-order valence-corrected chi connectivity index (χ4v) is 1.25. The summed E-state index contributed by atoms with van der Waals surface area (Å²) in [6, 6.07) is 0. The maximum absolute atomic E-state index is 11.0. The number of ketones is 1. The van der Waals surface area contributed by atoms with Crippen molar-refractivity contribution in [2.45, 2.75) is 12.8 Å². The summed E-state index contributed by atoms with van der Waals surface area (Å²) in [5.74, 6) is 0.775. The Morgan fingerprint density at radius 3 is 2.69 bits per heavy atom. The molecule has 0 aliphatic carbocycles. The van der Waals surface area contributed by atoms with Crippen LogP contribution in [0.4, 0.5) is 4.79 Å². The van der Waals surface area contributed by atoms with E-state index in [1.165, 1.54) is 18.9 Å². The number of ether oxygens (including phenoxy) is 1. The van der Waals surface area contributed by atoms with Crippen molar-refractivity contribution in [3.63, 3.8) is 0 Å². The molecule has 13 heavy (non-hydrogen) atoms. The van der Waals surface area contributed by atoms with Gasteiger partial charge in [0.1, 0.15) is 5.78 Å².